The summed E-state index contributed by atoms with van der Waals surface area (Å²) in [6.45, 7) is 1.94. The fourth-order valence-corrected chi connectivity index (χ4v) is 1.09. The molecular formula is C11H20N2O5. The number of amides is 2. The van der Waals surface area contributed by atoms with E-state index >= 15 is 0 Å². The molecular weight excluding hydrogens is 240 g/mol. The molecule has 0 heterocycles. The minimum atomic E-state index is -0.606. The Morgan fingerprint density at radius 2 is 1.67 bits per heavy atom. The Kier molecular flexibility index (Phi) is 7.50. The lowest BCUT2D eigenvalue weighted by atomic mass is 10.4. The molecule has 0 aliphatic carbocycles. The van der Waals surface area contributed by atoms with Crippen LogP contribution in [0.25, 0.3) is 0 Å². The molecule has 0 fully saturated rings. The van der Waals surface area contributed by atoms with Crippen molar-refractivity contribution in [2.24, 2.45) is 0 Å². The number of hydrogen-bond donors (Lipinski definition) is 0. The van der Waals surface area contributed by atoms with Crippen LogP contribution in [0.3, 0.4) is 0 Å². The van der Waals surface area contributed by atoms with Gasteiger partial charge in [-0.2, -0.15) is 0 Å². The third-order valence-corrected chi connectivity index (χ3v) is 2.12. The van der Waals surface area contributed by atoms with Crippen LogP contribution in [0.5, 0.6) is 0 Å². The van der Waals surface area contributed by atoms with E-state index in [2.05, 4.69) is 4.74 Å². The first-order chi connectivity index (χ1) is 8.42. The Morgan fingerprint density at radius 1 is 1.06 bits per heavy atom. The summed E-state index contributed by atoms with van der Waals surface area (Å²) in [5.41, 5.74) is 0. The summed E-state index contributed by atoms with van der Waals surface area (Å²) in [6, 6.07) is 0. The second kappa shape index (κ2) is 8.32. The lowest BCUT2D eigenvalue weighted by molar-refractivity contribution is -0.148. The average Bonchev–Trinajstić information content (AvgIpc) is 2.34. The van der Waals surface area contributed by atoms with Crippen LogP contribution in [0.1, 0.15) is 13.3 Å². The number of hydrogen-bond acceptors (Lipinski definition) is 5. The van der Waals surface area contributed by atoms with Crippen molar-refractivity contribution in [1.29, 1.82) is 0 Å². The number of likely N-dealkylation sites (N-methyl/N-ethyl adjacent to an activating group) is 2. The maximum absolute atomic E-state index is 11.7. The van der Waals surface area contributed by atoms with E-state index in [0.717, 1.165) is 11.3 Å². The van der Waals surface area contributed by atoms with Gasteiger partial charge in [-0.3, -0.25) is 9.59 Å². The van der Waals surface area contributed by atoms with E-state index in [1.165, 1.54) is 26.1 Å². The van der Waals surface area contributed by atoms with Gasteiger partial charge in [0.25, 0.3) is 0 Å². The van der Waals surface area contributed by atoms with Gasteiger partial charge in [-0.1, -0.05) is 6.92 Å². The number of carbonyl (C=O) groups is 3. The van der Waals surface area contributed by atoms with Crippen LogP contribution >= 0.6 is 0 Å². The van der Waals surface area contributed by atoms with Crippen LogP contribution in [-0.2, 0) is 19.1 Å². The third-order valence-electron chi connectivity index (χ3n) is 2.12. The lowest BCUT2D eigenvalue weighted by Gasteiger charge is -2.20. The molecule has 0 saturated carbocycles. The van der Waals surface area contributed by atoms with Crippen LogP contribution in [-0.4, -0.2) is 68.7 Å². The molecule has 0 rings (SSSR count). The van der Waals surface area contributed by atoms with Crippen LogP contribution in [0.4, 0.5) is 4.79 Å². The predicted octanol–water partition coefficient (Wildman–Crippen LogP) is 0.0962. The predicted molar refractivity (Wildman–Crippen MR) is 63.9 cm³/mol. The second-order valence-electron chi connectivity index (χ2n) is 3.80. The molecule has 0 aromatic heterocycles. The summed E-state index contributed by atoms with van der Waals surface area (Å²) in [5.74, 6) is -0.829. The van der Waals surface area contributed by atoms with Crippen molar-refractivity contribution in [3.8, 4) is 0 Å². The van der Waals surface area contributed by atoms with E-state index in [9.17, 15) is 14.4 Å². The van der Waals surface area contributed by atoms with E-state index < -0.39 is 12.1 Å². The number of rotatable bonds is 6. The van der Waals surface area contributed by atoms with Gasteiger partial charge in [0.15, 0.2) is 0 Å². The van der Waals surface area contributed by atoms with Gasteiger partial charge in [0.2, 0.25) is 5.91 Å². The van der Waals surface area contributed by atoms with Crippen molar-refractivity contribution in [2.45, 2.75) is 13.3 Å². The monoisotopic (exact) mass is 260 g/mol. The zero-order valence-electron chi connectivity index (χ0n) is 11.3. The number of methoxy groups -OCH3 is 1. The van der Waals surface area contributed by atoms with Gasteiger partial charge in [-0.15, -0.1) is 0 Å². The van der Waals surface area contributed by atoms with E-state index in [-0.39, 0.29) is 19.0 Å². The zero-order chi connectivity index (χ0) is 14.1. The highest BCUT2D eigenvalue weighted by molar-refractivity contribution is 5.85. The van der Waals surface area contributed by atoms with Gasteiger partial charge in [0, 0.05) is 14.1 Å². The molecule has 0 atom stereocenters. The van der Waals surface area contributed by atoms with Crippen molar-refractivity contribution in [1.82, 2.24) is 9.80 Å². The molecule has 7 nitrogen and oxygen atoms in total. The minimum Gasteiger partial charge on any atom is -0.464 e. The zero-order valence-corrected chi connectivity index (χ0v) is 11.3. The average molecular weight is 260 g/mol. The SMILES string of the molecule is CCCOC(=O)CN(C)C(=O)CN(C)C(=O)OC. The molecule has 0 aliphatic heterocycles. The van der Waals surface area contributed by atoms with Gasteiger partial charge in [0.1, 0.15) is 13.1 Å². The van der Waals surface area contributed by atoms with Crippen molar-refractivity contribution < 1.29 is 23.9 Å². The van der Waals surface area contributed by atoms with Crippen molar-refractivity contribution in [3.05, 3.63) is 0 Å². The van der Waals surface area contributed by atoms with Gasteiger partial charge in [-0.25, -0.2) is 4.79 Å². The molecule has 0 radical (unpaired) electrons. The molecule has 7 heteroatoms. The summed E-state index contributed by atoms with van der Waals surface area (Å²) in [6.07, 6.45) is 0.124. The number of esters is 1. The molecule has 0 aromatic rings. The number of ether oxygens (including phenoxy) is 2. The summed E-state index contributed by atoms with van der Waals surface area (Å²) < 4.78 is 9.30. The number of carbonyl (C=O) groups excluding carboxylic acids is 3. The Bertz CT molecular complexity index is 306. The normalized spacial score (nSPS) is 9.56. The van der Waals surface area contributed by atoms with Gasteiger partial charge < -0.3 is 19.3 Å². The summed E-state index contributed by atoms with van der Waals surface area (Å²) in [5, 5.41) is 0. The quantitative estimate of drug-likeness (QED) is 0.633. The van der Waals surface area contributed by atoms with E-state index in [1.54, 1.807) is 0 Å². The maximum atomic E-state index is 11.7. The number of nitrogens with zero attached hydrogens (tertiary/aromatic N) is 2. The Morgan fingerprint density at radius 3 is 2.17 bits per heavy atom. The molecule has 2 amide bonds. The van der Waals surface area contributed by atoms with Gasteiger partial charge in [-0.05, 0) is 6.42 Å². The topological polar surface area (TPSA) is 76.2 Å². The fourth-order valence-electron chi connectivity index (χ4n) is 1.09. The Balaban J connectivity index is 4.10. The van der Waals surface area contributed by atoms with Crippen LogP contribution < -0.4 is 0 Å². The van der Waals surface area contributed by atoms with E-state index in [4.69, 9.17) is 4.74 Å². The molecule has 0 aromatic carbocycles. The minimum absolute atomic E-state index is 0.131. The molecule has 104 valence electrons. The smallest absolute Gasteiger partial charge is 0.409 e. The Hall–Kier alpha value is -1.79. The summed E-state index contributed by atoms with van der Waals surface area (Å²) >= 11 is 0. The van der Waals surface area contributed by atoms with E-state index in [1.807, 2.05) is 6.92 Å². The molecule has 18 heavy (non-hydrogen) atoms. The largest absolute Gasteiger partial charge is 0.464 e. The first-order valence-electron chi connectivity index (χ1n) is 5.61. The van der Waals surface area contributed by atoms with Crippen LogP contribution in [0.2, 0.25) is 0 Å². The first-order valence-corrected chi connectivity index (χ1v) is 5.61. The van der Waals surface area contributed by atoms with Gasteiger partial charge >= 0.3 is 12.1 Å². The molecule has 0 aliphatic rings. The highest BCUT2D eigenvalue weighted by Crippen LogP contribution is 1.94. The molecule has 0 unspecified atom stereocenters. The third kappa shape index (κ3) is 6.07. The standard InChI is InChI=1S/C11H20N2O5/c1-5-6-18-10(15)8-12(2)9(14)7-13(3)11(16)17-4/h5-8H2,1-4H3. The fraction of sp³-hybridized carbons (Fsp3) is 0.727. The highest BCUT2D eigenvalue weighted by atomic mass is 16.5. The summed E-state index contributed by atoms with van der Waals surface area (Å²) in [7, 11) is 4.14. The highest BCUT2D eigenvalue weighted by Gasteiger charge is 2.18. The maximum Gasteiger partial charge on any atom is 0.409 e. The van der Waals surface area contributed by atoms with Gasteiger partial charge in [0.05, 0.1) is 13.7 Å². The van der Waals surface area contributed by atoms with Crippen LogP contribution in [0.15, 0.2) is 0 Å². The van der Waals surface area contributed by atoms with Crippen molar-refractivity contribution >= 4 is 18.0 Å². The first kappa shape index (κ1) is 16.2. The van der Waals surface area contributed by atoms with Crippen molar-refractivity contribution in [3.63, 3.8) is 0 Å². The van der Waals surface area contributed by atoms with Crippen LogP contribution in [0, 0.1) is 0 Å². The van der Waals surface area contributed by atoms with E-state index in [0.29, 0.717) is 6.61 Å². The summed E-state index contributed by atoms with van der Waals surface area (Å²) in [4.78, 5) is 36.3. The molecule has 0 bridgehead atoms. The molecule has 0 N–H and O–H groups in total. The van der Waals surface area contributed by atoms with Crippen molar-refractivity contribution in [2.75, 3.05) is 40.9 Å². The molecule has 0 spiro atoms. The second-order valence-corrected chi connectivity index (χ2v) is 3.80. The molecule has 0 saturated heterocycles. The Labute approximate surface area is 107 Å². The lowest BCUT2D eigenvalue weighted by Crippen LogP contribution is -2.41.